The summed E-state index contributed by atoms with van der Waals surface area (Å²) in [6.45, 7) is 1.94. The zero-order valence-corrected chi connectivity index (χ0v) is 16.6. The lowest BCUT2D eigenvalue weighted by Gasteiger charge is -2.35. The summed E-state index contributed by atoms with van der Waals surface area (Å²) in [4.78, 5) is 52.3. The fraction of sp³-hybridized carbons (Fsp3) is 0.474. The van der Waals surface area contributed by atoms with E-state index in [1.807, 2.05) is 0 Å². The van der Waals surface area contributed by atoms with Gasteiger partial charge in [0, 0.05) is 19.0 Å². The number of halogens is 1. The van der Waals surface area contributed by atoms with Crippen LogP contribution in [-0.2, 0) is 30.5 Å². The number of carbonyl (C=O) groups excluding carboxylic acids is 4. The largest absolute Gasteiger partial charge is 0.427 e. The van der Waals surface area contributed by atoms with Crippen LogP contribution in [0.15, 0.2) is 24.3 Å². The molecule has 29 heavy (non-hydrogen) atoms. The van der Waals surface area contributed by atoms with Crippen LogP contribution in [0.2, 0.25) is 0 Å². The number of likely N-dealkylation sites (tertiary alicyclic amines) is 1. The van der Waals surface area contributed by atoms with Gasteiger partial charge >= 0.3 is 5.97 Å². The van der Waals surface area contributed by atoms with Crippen LogP contribution >= 0.6 is 0 Å². The van der Waals surface area contributed by atoms with Gasteiger partial charge in [0.1, 0.15) is 11.9 Å². The van der Waals surface area contributed by atoms with Gasteiger partial charge in [0.2, 0.25) is 5.91 Å². The summed E-state index contributed by atoms with van der Waals surface area (Å²) >= 11 is 0. The van der Waals surface area contributed by atoms with Crippen LogP contribution < -0.4 is 5.32 Å². The number of likely N-dealkylation sites (N-methyl/N-ethyl adjacent to an activating group) is 1. The first-order valence-corrected chi connectivity index (χ1v) is 8.95. The van der Waals surface area contributed by atoms with Crippen LogP contribution in [0.1, 0.15) is 25.8 Å². The molecule has 0 bridgehead atoms. The number of ether oxygens (including phenoxy) is 1. The Labute approximate surface area is 167 Å². The predicted octanol–water partition coefficient (Wildman–Crippen LogP) is -0.229. The average molecular weight is 409 g/mol. The summed E-state index contributed by atoms with van der Waals surface area (Å²) in [5.41, 5.74) is -2.19. The number of nitrogens with zero attached hydrogens (tertiary/aromatic N) is 2. The van der Waals surface area contributed by atoms with Crippen molar-refractivity contribution in [3.05, 3.63) is 35.6 Å². The third-order valence-electron chi connectivity index (χ3n) is 4.63. The van der Waals surface area contributed by atoms with E-state index in [2.05, 4.69) is 5.32 Å². The van der Waals surface area contributed by atoms with E-state index in [1.165, 1.54) is 23.1 Å². The number of aliphatic hydroxyl groups is 1. The van der Waals surface area contributed by atoms with Crippen molar-refractivity contribution >= 4 is 23.7 Å². The molecule has 1 fully saturated rings. The van der Waals surface area contributed by atoms with E-state index >= 15 is 0 Å². The van der Waals surface area contributed by atoms with Gasteiger partial charge in [0.05, 0.1) is 12.5 Å². The lowest BCUT2D eigenvalue weighted by atomic mass is 10.1. The average Bonchev–Trinajstić information content (AvgIpc) is 2.95. The van der Waals surface area contributed by atoms with Gasteiger partial charge in [0.15, 0.2) is 0 Å². The minimum atomic E-state index is -2.35. The van der Waals surface area contributed by atoms with E-state index in [1.54, 1.807) is 20.2 Å². The molecule has 0 radical (unpaired) electrons. The second-order valence-electron chi connectivity index (χ2n) is 7.10. The Bertz CT molecular complexity index is 828. The summed E-state index contributed by atoms with van der Waals surface area (Å²) in [5.74, 6) is -4.19. The zero-order chi connectivity index (χ0) is 21.9. The van der Waals surface area contributed by atoms with Crippen LogP contribution in [0.5, 0.6) is 0 Å². The van der Waals surface area contributed by atoms with Crippen LogP contribution in [0.3, 0.4) is 0 Å². The van der Waals surface area contributed by atoms with Gasteiger partial charge in [-0.15, -0.1) is 0 Å². The van der Waals surface area contributed by atoms with Gasteiger partial charge in [0.25, 0.3) is 17.5 Å². The Kier molecular flexibility index (Phi) is 6.70. The molecule has 158 valence electrons. The predicted molar refractivity (Wildman–Crippen MR) is 98.4 cm³/mol. The van der Waals surface area contributed by atoms with Crippen molar-refractivity contribution in [2.24, 2.45) is 0 Å². The van der Waals surface area contributed by atoms with E-state index in [0.29, 0.717) is 4.90 Å². The topological polar surface area (TPSA) is 116 Å². The monoisotopic (exact) mass is 409 g/mol. The maximum Gasteiger partial charge on any atom is 0.337 e. The number of hydrogen-bond acceptors (Lipinski definition) is 7. The number of benzene rings is 1. The number of amides is 3. The molecule has 0 saturated carbocycles. The first-order chi connectivity index (χ1) is 13.5. The molecule has 1 aliphatic rings. The van der Waals surface area contributed by atoms with E-state index in [4.69, 9.17) is 4.74 Å². The van der Waals surface area contributed by atoms with E-state index in [-0.39, 0.29) is 18.5 Å². The highest BCUT2D eigenvalue weighted by atomic mass is 19.1. The molecule has 9 nitrogen and oxygen atoms in total. The molecule has 1 heterocycles. The Morgan fingerprint density at radius 2 is 2.00 bits per heavy atom. The second kappa shape index (κ2) is 8.66. The highest BCUT2D eigenvalue weighted by molar-refractivity contribution is 6.09. The minimum Gasteiger partial charge on any atom is -0.427 e. The van der Waals surface area contributed by atoms with Crippen LogP contribution in [0.25, 0.3) is 0 Å². The molecular weight excluding hydrogens is 385 g/mol. The normalized spacial score (nSPS) is 19.8. The summed E-state index contributed by atoms with van der Waals surface area (Å²) in [6, 6.07) is 4.89. The molecule has 2 N–H and O–H groups in total. The zero-order valence-electron chi connectivity index (χ0n) is 16.6. The van der Waals surface area contributed by atoms with Gasteiger partial charge in [-0.1, -0.05) is 18.2 Å². The van der Waals surface area contributed by atoms with Crippen LogP contribution in [-0.4, -0.2) is 70.6 Å². The SMILES string of the molecule is CC(O)C(=O)OC(C)(C(=O)NCc1ccccc1F)N1C(=O)CC(N(C)C)C1=O. The van der Waals surface area contributed by atoms with E-state index in [9.17, 15) is 28.7 Å². The number of nitrogens with one attached hydrogen (secondary N) is 1. The molecule has 0 spiro atoms. The number of imide groups is 1. The maximum absolute atomic E-state index is 13.8. The molecule has 0 aliphatic carbocycles. The van der Waals surface area contributed by atoms with E-state index in [0.717, 1.165) is 13.8 Å². The lowest BCUT2D eigenvalue weighted by Crippen LogP contribution is -2.62. The molecule has 1 aliphatic heterocycles. The summed E-state index contributed by atoms with van der Waals surface area (Å²) in [6.07, 6.45) is -1.79. The van der Waals surface area contributed by atoms with Crippen LogP contribution in [0.4, 0.5) is 4.39 Å². The Morgan fingerprint density at radius 1 is 1.38 bits per heavy atom. The lowest BCUT2D eigenvalue weighted by molar-refractivity contribution is -0.197. The highest BCUT2D eigenvalue weighted by Gasteiger charge is 2.55. The van der Waals surface area contributed by atoms with Crippen molar-refractivity contribution in [1.82, 2.24) is 15.1 Å². The maximum atomic E-state index is 13.8. The Hall–Kier alpha value is -2.85. The number of esters is 1. The standard InChI is InChI=1S/C19H24FN3O6/c1-11(24)17(27)29-19(2,23-15(25)9-14(16(23)26)22(3)4)18(28)21-10-12-7-5-6-8-13(12)20/h5-8,11,14,24H,9-10H2,1-4H3,(H,21,28). The third kappa shape index (κ3) is 4.60. The fourth-order valence-electron chi connectivity index (χ4n) is 2.92. The summed E-state index contributed by atoms with van der Waals surface area (Å²) in [5, 5.41) is 11.9. The molecule has 3 atom stereocenters. The molecule has 3 amide bonds. The Balaban J connectivity index is 2.33. The van der Waals surface area contributed by atoms with Gasteiger partial charge in [-0.3, -0.25) is 19.3 Å². The summed E-state index contributed by atoms with van der Waals surface area (Å²) in [7, 11) is 3.19. The van der Waals surface area contributed by atoms with Crippen molar-refractivity contribution in [1.29, 1.82) is 0 Å². The molecule has 3 unspecified atom stereocenters. The quantitative estimate of drug-likeness (QED) is 0.472. The van der Waals surface area contributed by atoms with E-state index < -0.39 is 47.4 Å². The van der Waals surface area contributed by atoms with Crippen molar-refractivity contribution in [3.63, 3.8) is 0 Å². The number of carbonyl (C=O) groups is 4. The molecular formula is C19H24FN3O6. The van der Waals surface area contributed by atoms with Crippen molar-refractivity contribution < 1.29 is 33.4 Å². The van der Waals surface area contributed by atoms with Gasteiger partial charge in [-0.25, -0.2) is 14.1 Å². The van der Waals surface area contributed by atoms with Gasteiger partial charge in [-0.2, -0.15) is 0 Å². The number of aliphatic hydroxyl groups excluding tert-OH is 1. The smallest absolute Gasteiger partial charge is 0.337 e. The first kappa shape index (κ1) is 22.4. The first-order valence-electron chi connectivity index (χ1n) is 8.95. The van der Waals surface area contributed by atoms with Crippen molar-refractivity contribution in [2.45, 2.75) is 44.7 Å². The Morgan fingerprint density at radius 3 is 2.52 bits per heavy atom. The van der Waals surface area contributed by atoms with Crippen molar-refractivity contribution in [2.75, 3.05) is 14.1 Å². The van der Waals surface area contributed by atoms with Gasteiger partial charge < -0.3 is 15.2 Å². The number of rotatable bonds is 7. The fourth-order valence-corrected chi connectivity index (χ4v) is 2.92. The molecule has 0 aromatic heterocycles. The molecule has 1 saturated heterocycles. The molecule has 10 heteroatoms. The second-order valence-corrected chi connectivity index (χ2v) is 7.10. The molecule has 1 aromatic rings. The molecule has 2 rings (SSSR count). The summed E-state index contributed by atoms with van der Waals surface area (Å²) < 4.78 is 18.9. The highest BCUT2D eigenvalue weighted by Crippen LogP contribution is 2.28. The minimum absolute atomic E-state index is 0.162. The van der Waals surface area contributed by atoms with Crippen LogP contribution in [0, 0.1) is 5.82 Å². The number of hydrogen-bond donors (Lipinski definition) is 2. The van der Waals surface area contributed by atoms with Crippen molar-refractivity contribution in [3.8, 4) is 0 Å². The third-order valence-corrected chi connectivity index (χ3v) is 4.63. The van der Waals surface area contributed by atoms with Gasteiger partial charge in [-0.05, 0) is 27.1 Å². The molecule has 1 aromatic carbocycles.